The molecule has 1 heterocycles. The lowest BCUT2D eigenvalue weighted by atomic mass is 10.4. The van der Waals surface area contributed by atoms with Gasteiger partial charge in [0.1, 0.15) is 0 Å². The van der Waals surface area contributed by atoms with Crippen molar-refractivity contribution in [1.82, 2.24) is 0 Å². The van der Waals surface area contributed by atoms with Crippen LogP contribution in [0.2, 0.25) is 0 Å². The molecule has 5 heteroatoms. The summed E-state index contributed by atoms with van der Waals surface area (Å²) in [6.07, 6.45) is 2.09. The Morgan fingerprint density at radius 2 is 2.18 bits per heavy atom. The second-order valence-corrected chi connectivity index (χ2v) is 9.62. The Morgan fingerprint density at radius 1 is 1.45 bits per heavy atom. The van der Waals surface area contributed by atoms with Crippen LogP contribution >= 0.6 is 47.8 Å². The number of ether oxygens (including phenoxy) is 2. The highest BCUT2D eigenvalue weighted by Gasteiger charge is 2.23. The molecule has 1 aliphatic rings. The number of halogens is 3. The van der Waals surface area contributed by atoms with Crippen LogP contribution in [-0.2, 0) is 9.47 Å². The molecule has 0 aliphatic carbocycles. The minimum atomic E-state index is -0.307. The molecule has 0 N–H and O–H groups in total. The molecule has 0 saturated carbocycles. The van der Waals surface area contributed by atoms with Crippen molar-refractivity contribution >= 4 is 47.8 Å². The number of hydrogen-bond donors (Lipinski definition) is 0. The molecule has 1 atom stereocenters. The highest BCUT2D eigenvalue weighted by atomic mass is 80.0. The molecular formula is C6H9Br3O2. The maximum atomic E-state index is 5.40. The van der Waals surface area contributed by atoms with Gasteiger partial charge in [0, 0.05) is 13.0 Å². The van der Waals surface area contributed by atoms with Gasteiger partial charge in [-0.15, -0.1) is 0 Å². The summed E-state index contributed by atoms with van der Waals surface area (Å²) >= 11 is 10.0. The van der Waals surface area contributed by atoms with Crippen molar-refractivity contribution in [1.29, 1.82) is 0 Å². The lowest BCUT2D eigenvalue weighted by Crippen LogP contribution is -2.18. The summed E-state index contributed by atoms with van der Waals surface area (Å²) in [6, 6.07) is 0. The molecule has 0 spiro atoms. The Hall–Kier alpha value is 1.36. The van der Waals surface area contributed by atoms with E-state index in [1.807, 2.05) is 0 Å². The summed E-state index contributed by atoms with van der Waals surface area (Å²) in [7, 11) is 0. The summed E-state index contributed by atoms with van der Waals surface area (Å²) in [4.78, 5) is 0. The Morgan fingerprint density at radius 3 is 2.64 bits per heavy atom. The first kappa shape index (κ1) is 10.4. The van der Waals surface area contributed by atoms with Crippen molar-refractivity contribution in [2.45, 2.75) is 21.3 Å². The van der Waals surface area contributed by atoms with Crippen molar-refractivity contribution in [3.63, 3.8) is 0 Å². The molecule has 1 saturated heterocycles. The van der Waals surface area contributed by atoms with E-state index in [0.29, 0.717) is 6.61 Å². The van der Waals surface area contributed by atoms with E-state index < -0.39 is 0 Å². The summed E-state index contributed by atoms with van der Waals surface area (Å²) in [5.41, 5.74) is 0. The third-order valence-corrected chi connectivity index (χ3v) is 2.01. The van der Waals surface area contributed by atoms with Crippen LogP contribution in [0.1, 0.15) is 12.8 Å². The quantitative estimate of drug-likeness (QED) is 0.711. The number of hydrogen-bond acceptors (Lipinski definition) is 2. The normalized spacial score (nSPS) is 25.9. The largest absolute Gasteiger partial charge is 0.353 e. The van der Waals surface area contributed by atoms with Gasteiger partial charge in [0.05, 0.1) is 6.61 Å². The molecule has 1 aliphatic heterocycles. The maximum absolute atomic E-state index is 5.40. The first-order valence-electron chi connectivity index (χ1n) is 3.38. The molecule has 1 rings (SSSR count). The molecule has 0 aromatic carbocycles. The van der Waals surface area contributed by atoms with Gasteiger partial charge in [0.2, 0.25) is 0 Å². The number of alkyl halides is 3. The minimum Gasteiger partial charge on any atom is -0.353 e. The van der Waals surface area contributed by atoms with Gasteiger partial charge in [0.25, 0.3) is 0 Å². The average Bonchev–Trinajstić information content (AvgIpc) is 2.32. The van der Waals surface area contributed by atoms with Crippen molar-refractivity contribution in [2.24, 2.45) is 0 Å². The van der Waals surface area contributed by atoms with E-state index in [1.54, 1.807) is 0 Å². The molecule has 0 aromatic heterocycles. The van der Waals surface area contributed by atoms with E-state index in [-0.39, 0.29) is 8.43 Å². The van der Waals surface area contributed by atoms with Gasteiger partial charge >= 0.3 is 0 Å². The van der Waals surface area contributed by atoms with Gasteiger partial charge < -0.3 is 9.47 Å². The topological polar surface area (TPSA) is 18.5 Å². The molecule has 0 amide bonds. The monoisotopic (exact) mass is 350 g/mol. The van der Waals surface area contributed by atoms with Crippen LogP contribution < -0.4 is 0 Å². The zero-order valence-corrected chi connectivity index (χ0v) is 10.6. The van der Waals surface area contributed by atoms with Crippen molar-refractivity contribution in [2.75, 3.05) is 13.2 Å². The van der Waals surface area contributed by atoms with Crippen LogP contribution in [0.3, 0.4) is 0 Å². The van der Waals surface area contributed by atoms with E-state index in [1.165, 1.54) is 0 Å². The van der Waals surface area contributed by atoms with Crippen LogP contribution in [-0.4, -0.2) is 21.6 Å². The molecule has 0 aromatic rings. The van der Waals surface area contributed by atoms with E-state index in [0.717, 1.165) is 19.4 Å². The SMILES string of the molecule is BrC(Br)(Br)COC1CCCO1. The highest BCUT2D eigenvalue weighted by Crippen LogP contribution is 2.34. The van der Waals surface area contributed by atoms with Crippen LogP contribution in [0.5, 0.6) is 0 Å². The molecule has 11 heavy (non-hydrogen) atoms. The Kier molecular flexibility index (Phi) is 4.32. The molecule has 0 bridgehead atoms. The van der Waals surface area contributed by atoms with Crippen LogP contribution in [0.15, 0.2) is 0 Å². The maximum Gasteiger partial charge on any atom is 0.158 e. The van der Waals surface area contributed by atoms with E-state index in [9.17, 15) is 0 Å². The number of rotatable bonds is 2. The minimum absolute atomic E-state index is 0.0120. The van der Waals surface area contributed by atoms with Gasteiger partial charge in [-0.1, -0.05) is 47.8 Å². The van der Waals surface area contributed by atoms with Gasteiger partial charge in [-0.2, -0.15) is 0 Å². The first-order chi connectivity index (χ1) is 5.08. The fourth-order valence-electron chi connectivity index (χ4n) is 0.867. The standard InChI is InChI=1S/C6H9Br3O2/c7-6(8,9)4-11-5-2-1-3-10-5/h5H,1-4H2. The zero-order chi connectivity index (χ0) is 8.32. The summed E-state index contributed by atoms with van der Waals surface area (Å²) in [6.45, 7) is 1.36. The highest BCUT2D eigenvalue weighted by molar-refractivity contribution is 9.39. The Bertz CT molecular complexity index is 117. The third-order valence-electron chi connectivity index (χ3n) is 1.32. The molecule has 1 unspecified atom stereocenters. The summed E-state index contributed by atoms with van der Waals surface area (Å²) in [5, 5.41) is 0. The molecule has 0 radical (unpaired) electrons. The molecule has 1 fully saturated rings. The fraction of sp³-hybridized carbons (Fsp3) is 1.00. The molecular weight excluding hydrogens is 344 g/mol. The second kappa shape index (κ2) is 4.56. The molecule has 66 valence electrons. The average molecular weight is 353 g/mol. The summed E-state index contributed by atoms with van der Waals surface area (Å²) in [5.74, 6) is 0. The first-order valence-corrected chi connectivity index (χ1v) is 5.76. The lowest BCUT2D eigenvalue weighted by molar-refractivity contribution is -0.107. The Labute approximate surface area is 91.4 Å². The molecule has 2 nitrogen and oxygen atoms in total. The Balaban J connectivity index is 2.11. The van der Waals surface area contributed by atoms with Crippen LogP contribution in [0.4, 0.5) is 0 Å². The fourth-order valence-corrected chi connectivity index (χ4v) is 1.26. The van der Waals surface area contributed by atoms with Crippen molar-refractivity contribution < 1.29 is 9.47 Å². The smallest absolute Gasteiger partial charge is 0.158 e. The van der Waals surface area contributed by atoms with Crippen LogP contribution in [0.25, 0.3) is 0 Å². The van der Waals surface area contributed by atoms with E-state index in [4.69, 9.17) is 9.47 Å². The predicted molar refractivity (Wildman–Crippen MR) is 54.4 cm³/mol. The van der Waals surface area contributed by atoms with Crippen LogP contribution in [0, 0.1) is 0 Å². The van der Waals surface area contributed by atoms with Gasteiger partial charge in [0.15, 0.2) is 8.43 Å². The van der Waals surface area contributed by atoms with E-state index >= 15 is 0 Å². The van der Waals surface area contributed by atoms with Gasteiger partial charge in [-0.25, -0.2) is 0 Å². The van der Waals surface area contributed by atoms with E-state index in [2.05, 4.69) is 47.8 Å². The van der Waals surface area contributed by atoms with Crippen molar-refractivity contribution in [3.8, 4) is 0 Å². The predicted octanol–water partition coefficient (Wildman–Crippen LogP) is 2.98. The van der Waals surface area contributed by atoms with Crippen molar-refractivity contribution in [3.05, 3.63) is 0 Å². The van der Waals surface area contributed by atoms with Gasteiger partial charge in [-0.3, -0.25) is 0 Å². The third kappa shape index (κ3) is 4.83. The zero-order valence-electron chi connectivity index (χ0n) is 5.86. The van der Waals surface area contributed by atoms with Gasteiger partial charge in [-0.05, 0) is 6.42 Å². The lowest BCUT2D eigenvalue weighted by Gasteiger charge is -2.16. The summed E-state index contributed by atoms with van der Waals surface area (Å²) < 4.78 is 10.4. The second-order valence-electron chi connectivity index (χ2n) is 2.37.